The van der Waals surface area contributed by atoms with Crippen LogP contribution in [-0.2, 0) is 26.2 Å². The van der Waals surface area contributed by atoms with Crippen molar-refractivity contribution in [3.63, 3.8) is 0 Å². The third-order valence-corrected chi connectivity index (χ3v) is 6.76. The molecule has 0 aliphatic heterocycles. The van der Waals surface area contributed by atoms with E-state index in [0.29, 0.717) is 11.4 Å². The van der Waals surface area contributed by atoms with Gasteiger partial charge in [0.05, 0.1) is 19.1 Å². The largest absolute Gasteiger partial charge is 0.497 e. The van der Waals surface area contributed by atoms with E-state index in [1.165, 1.54) is 4.90 Å². The molecule has 1 atom stereocenters. The second-order valence-electron chi connectivity index (χ2n) is 8.70. The molecular weight excluding hydrogens is 454 g/mol. The van der Waals surface area contributed by atoms with E-state index < -0.39 is 28.5 Å². The summed E-state index contributed by atoms with van der Waals surface area (Å²) in [5.74, 6) is -0.117. The maximum absolute atomic E-state index is 13.5. The van der Waals surface area contributed by atoms with Crippen LogP contribution in [0.2, 0.25) is 0 Å². The van der Waals surface area contributed by atoms with Crippen molar-refractivity contribution in [3.8, 4) is 5.75 Å². The summed E-state index contributed by atoms with van der Waals surface area (Å²) in [5, 5.41) is 2.83. The molecule has 0 aliphatic rings. The highest BCUT2D eigenvalue weighted by Gasteiger charge is 2.30. The summed E-state index contributed by atoms with van der Waals surface area (Å²) in [4.78, 5) is 27.7. The Labute approximate surface area is 202 Å². The van der Waals surface area contributed by atoms with E-state index in [4.69, 9.17) is 4.74 Å². The minimum atomic E-state index is -3.76. The number of benzene rings is 2. The first-order valence-electron chi connectivity index (χ1n) is 11.1. The molecule has 2 aromatic rings. The van der Waals surface area contributed by atoms with Crippen molar-refractivity contribution in [2.45, 2.75) is 53.2 Å². The molecule has 0 bridgehead atoms. The molecule has 1 N–H and O–H groups in total. The predicted molar refractivity (Wildman–Crippen MR) is 134 cm³/mol. The maximum Gasteiger partial charge on any atom is 0.244 e. The van der Waals surface area contributed by atoms with Gasteiger partial charge in [-0.15, -0.1) is 0 Å². The Balaban J connectivity index is 2.42. The summed E-state index contributed by atoms with van der Waals surface area (Å²) >= 11 is 0. The van der Waals surface area contributed by atoms with Crippen molar-refractivity contribution in [1.29, 1.82) is 0 Å². The average Bonchev–Trinajstić information content (AvgIpc) is 2.76. The van der Waals surface area contributed by atoms with Crippen LogP contribution in [0.1, 0.15) is 37.5 Å². The van der Waals surface area contributed by atoms with Crippen LogP contribution in [0.25, 0.3) is 0 Å². The molecule has 0 radical (unpaired) electrons. The van der Waals surface area contributed by atoms with Crippen molar-refractivity contribution < 1.29 is 22.7 Å². The fraction of sp³-hybridized carbons (Fsp3) is 0.440. The molecule has 2 amide bonds. The van der Waals surface area contributed by atoms with E-state index in [-0.39, 0.29) is 18.5 Å². The van der Waals surface area contributed by atoms with Crippen molar-refractivity contribution in [1.82, 2.24) is 10.2 Å². The van der Waals surface area contributed by atoms with Gasteiger partial charge in [-0.3, -0.25) is 13.9 Å². The molecule has 1 unspecified atom stereocenters. The van der Waals surface area contributed by atoms with E-state index >= 15 is 0 Å². The predicted octanol–water partition coefficient (Wildman–Crippen LogP) is 3.02. The minimum absolute atomic E-state index is 0.102. The number of ether oxygens (including phenoxy) is 1. The number of hydrogen-bond acceptors (Lipinski definition) is 5. The summed E-state index contributed by atoms with van der Waals surface area (Å²) in [6.45, 7) is 8.75. The summed E-state index contributed by atoms with van der Waals surface area (Å²) in [6, 6.07) is 11.6. The van der Waals surface area contributed by atoms with Gasteiger partial charge >= 0.3 is 0 Å². The Kier molecular flexibility index (Phi) is 9.09. The zero-order valence-corrected chi connectivity index (χ0v) is 21.8. The van der Waals surface area contributed by atoms with Crippen molar-refractivity contribution in [3.05, 3.63) is 59.2 Å². The standard InChI is InChI=1S/C25H35N3O5S/c1-17(2)26-25(30)20(5)27(15-21-11-13-22(33-6)14-12-21)24(29)16-28(34(7,31)32)23-10-8-9-18(3)19(23)4/h8-14,17,20H,15-16H2,1-7H3,(H,26,30). The number of rotatable bonds is 10. The number of anilines is 1. The number of aryl methyl sites for hydroxylation is 1. The second-order valence-corrected chi connectivity index (χ2v) is 10.6. The first-order valence-corrected chi connectivity index (χ1v) is 13.0. The maximum atomic E-state index is 13.5. The number of carbonyl (C=O) groups is 2. The Morgan fingerprint density at radius 1 is 1.03 bits per heavy atom. The van der Waals surface area contributed by atoms with Gasteiger partial charge in [-0.05, 0) is 69.5 Å². The topological polar surface area (TPSA) is 96.0 Å². The van der Waals surface area contributed by atoms with Crippen LogP contribution < -0.4 is 14.4 Å². The number of sulfonamides is 1. The highest BCUT2D eigenvalue weighted by Crippen LogP contribution is 2.25. The molecule has 0 heterocycles. The van der Waals surface area contributed by atoms with Gasteiger partial charge in [0.15, 0.2) is 0 Å². The van der Waals surface area contributed by atoms with Crippen LogP contribution in [0.4, 0.5) is 5.69 Å². The molecule has 186 valence electrons. The molecule has 2 aromatic carbocycles. The van der Waals surface area contributed by atoms with Gasteiger partial charge in [0.2, 0.25) is 21.8 Å². The fourth-order valence-corrected chi connectivity index (χ4v) is 4.42. The van der Waals surface area contributed by atoms with Crippen LogP contribution in [-0.4, -0.2) is 57.1 Å². The lowest BCUT2D eigenvalue weighted by Crippen LogP contribution is -2.52. The quantitative estimate of drug-likeness (QED) is 0.554. The molecule has 0 aliphatic carbocycles. The summed E-state index contributed by atoms with van der Waals surface area (Å²) < 4.78 is 31.7. The zero-order valence-electron chi connectivity index (χ0n) is 21.0. The van der Waals surface area contributed by atoms with Gasteiger partial charge < -0.3 is 15.0 Å². The molecule has 34 heavy (non-hydrogen) atoms. The SMILES string of the molecule is COc1ccc(CN(C(=O)CN(c2cccc(C)c2C)S(C)(=O)=O)C(C)C(=O)NC(C)C)cc1. The normalized spacial score (nSPS) is 12.2. The minimum Gasteiger partial charge on any atom is -0.497 e. The van der Waals surface area contributed by atoms with Crippen LogP contribution in [0.5, 0.6) is 5.75 Å². The third-order valence-electron chi connectivity index (χ3n) is 5.63. The molecule has 2 rings (SSSR count). The lowest BCUT2D eigenvalue weighted by molar-refractivity contribution is -0.139. The van der Waals surface area contributed by atoms with Crippen LogP contribution >= 0.6 is 0 Å². The van der Waals surface area contributed by atoms with Gasteiger partial charge in [-0.1, -0.05) is 24.3 Å². The number of nitrogens with one attached hydrogen (secondary N) is 1. The second kappa shape index (κ2) is 11.4. The Morgan fingerprint density at radius 3 is 2.18 bits per heavy atom. The van der Waals surface area contributed by atoms with Crippen molar-refractivity contribution >= 4 is 27.5 Å². The molecule has 9 heteroatoms. The summed E-state index contributed by atoms with van der Waals surface area (Å²) in [5.41, 5.74) is 2.92. The monoisotopic (exact) mass is 489 g/mol. The van der Waals surface area contributed by atoms with Crippen LogP contribution in [0.3, 0.4) is 0 Å². The third kappa shape index (κ3) is 6.96. The van der Waals surface area contributed by atoms with Crippen molar-refractivity contribution in [2.24, 2.45) is 0 Å². The van der Waals surface area contributed by atoms with Crippen LogP contribution in [0, 0.1) is 13.8 Å². The number of methoxy groups -OCH3 is 1. The lowest BCUT2D eigenvalue weighted by atomic mass is 10.1. The summed E-state index contributed by atoms with van der Waals surface area (Å²) in [7, 11) is -2.20. The summed E-state index contributed by atoms with van der Waals surface area (Å²) in [6.07, 6.45) is 1.07. The lowest BCUT2D eigenvalue weighted by Gasteiger charge is -2.32. The molecular formula is C25H35N3O5S. The number of hydrogen-bond donors (Lipinski definition) is 1. The van der Waals surface area contributed by atoms with E-state index in [0.717, 1.165) is 27.3 Å². The van der Waals surface area contributed by atoms with Gasteiger partial charge in [-0.2, -0.15) is 0 Å². The highest BCUT2D eigenvalue weighted by molar-refractivity contribution is 7.92. The fourth-order valence-electron chi connectivity index (χ4n) is 3.52. The van der Waals surface area contributed by atoms with E-state index in [1.807, 2.05) is 45.9 Å². The van der Waals surface area contributed by atoms with Crippen molar-refractivity contribution in [2.75, 3.05) is 24.2 Å². The molecule has 0 fully saturated rings. The van der Waals surface area contributed by atoms with Gasteiger partial charge in [0, 0.05) is 12.6 Å². The Bertz CT molecular complexity index is 1110. The van der Waals surface area contributed by atoms with Crippen LogP contribution in [0.15, 0.2) is 42.5 Å². The Hall–Kier alpha value is -3.07. The van der Waals surface area contributed by atoms with Gasteiger partial charge in [0.1, 0.15) is 18.3 Å². The molecule has 0 saturated heterocycles. The van der Waals surface area contributed by atoms with E-state index in [1.54, 1.807) is 38.3 Å². The first kappa shape index (κ1) is 27.2. The molecule has 0 spiro atoms. The number of amides is 2. The van der Waals surface area contributed by atoms with E-state index in [2.05, 4.69) is 5.32 Å². The molecule has 0 aromatic heterocycles. The molecule has 8 nitrogen and oxygen atoms in total. The zero-order chi connectivity index (χ0) is 25.6. The number of carbonyl (C=O) groups excluding carboxylic acids is 2. The number of nitrogens with zero attached hydrogens (tertiary/aromatic N) is 2. The smallest absolute Gasteiger partial charge is 0.244 e. The van der Waals surface area contributed by atoms with E-state index in [9.17, 15) is 18.0 Å². The van der Waals surface area contributed by atoms with Gasteiger partial charge in [0.25, 0.3) is 0 Å². The Morgan fingerprint density at radius 2 is 1.65 bits per heavy atom. The van der Waals surface area contributed by atoms with Gasteiger partial charge in [-0.25, -0.2) is 8.42 Å². The average molecular weight is 490 g/mol. The first-order chi connectivity index (χ1) is 15.8. The highest BCUT2D eigenvalue weighted by atomic mass is 32.2. The molecule has 0 saturated carbocycles.